The van der Waals surface area contributed by atoms with Crippen molar-refractivity contribution in [1.82, 2.24) is 4.57 Å². The molecule has 30 heavy (non-hydrogen) atoms. The van der Waals surface area contributed by atoms with Crippen LogP contribution in [0.2, 0.25) is 0 Å². The zero-order valence-corrected chi connectivity index (χ0v) is 15.9. The van der Waals surface area contributed by atoms with Gasteiger partial charge in [0.1, 0.15) is 11.6 Å². The Morgan fingerprint density at radius 2 is 1.63 bits per heavy atom. The van der Waals surface area contributed by atoms with E-state index >= 15 is 0 Å². The number of ketones is 1. The number of pyridine rings is 1. The van der Waals surface area contributed by atoms with Gasteiger partial charge in [0.2, 0.25) is 40.7 Å². The lowest BCUT2D eigenvalue weighted by molar-refractivity contribution is 0.0907. The van der Waals surface area contributed by atoms with Gasteiger partial charge in [-0.15, -0.1) is 0 Å². The molecular weight excluding hydrogens is 415 g/mol. The Labute approximate surface area is 166 Å². The molecule has 11 heteroatoms. The Bertz CT molecular complexity index is 1110. The second-order valence-corrected chi connectivity index (χ2v) is 6.35. The monoisotopic (exact) mass is 430 g/mol. The molecule has 0 aliphatic heterocycles. The third-order valence-electron chi connectivity index (χ3n) is 4.57. The summed E-state index contributed by atoms with van der Waals surface area (Å²) < 4.78 is 72.3. The van der Waals surface area contributed by atoms with Gasteiger partial charge in [0.15, 0.2) is 12.4 Å². The Morgan fingerprint density at radius 3 is 2.10 bits per heavy atom. The summed E-state index contributed by atoms with van der Waals surface area (Å²) in [7, 11) is 0. The fourth-order valence-corrected chi connectivity index (χ4v) is 2.77. The number of rotatable bonds is 6. The van der Waals surface area contributed by atoms with E-state index in [0.717, 1.165) is 4.57 Å². The fourth-order valence-electron chi connectivity index (χ4n) is 2.77. The number of benzene rings is 1. The number of Topliss-reactive ketones (excluding diaryl/α,β-unsaturated/α-hetero) is 1. The number of ether oxygens (including phenoxy) is 1. The van der Waals surface area contributed by atoms with Crippen LogP contribution in [0.5, 0.6) is 11.6 Å². The van der Waals surface area contributed by atoms with E-state index in [1.54, 1.807) is 13.0 Å². The van der Waals surface area contributed by atoms with Crippen LogP contribution in [-0.2, 0) is 0 Å². The second-order valence-electron chi connectivity index (χ2n) is 6.35. The van der Waals surface area contributed by atoms with Crippen molar-refractivity contribution in [1.29, 1.82) is 5.26 Å². The van der Waals surface area contributed by atoms with E-state index in [9.17, 15) is 41.9 Å². The van der Waals surface area contributed by atoms with Gasteiger partial charge < -0.3 is 9.84 Å². The lowest BCUT2D eigenvalue weighted by Gasteiger charge is -2.19. The molecule has 160 valence electrons. The largest absolute Gasteiger partial charge is 0.494 e. The first-order valence-corrected chi connectivity index (χ1v) is 8.54. The lowest BCUT2D eigenvalue weighted by atomic mass is 10.0. The van der Waals surface area contributed by atoms with Crippen molar-refractivity contribution in [2.24, 2.45) is 0 Å². The van der Waals surface area contributed by atoms with Gasteiger partial charge in [0, 0.05) is 6.04 Å². The highest BCUT2D eigenvalue weighted by atomic mass is 19.2. The summed E-state index contributed by atoms with van der Waals surface area (Å²) >= 11 is 0. The van der Waals surface area contributed by atoms with Gasteiger partial charge in [0.25, 0.3) is 5.56 Å². The molecule has 1 aromatic heterocycles. The minimum Gasteiger partial charge on any atom is -0.494 e. The summed E-state index contributed by atoms with van der Waals surface area (Å²) in [5.41, 5.74) is -2.06. The van der Waals surface area contributed by atoms with Crippen LogP contribution in [0.25, 0.3) is 0 Å². The Kier molecular flexibility index (Phi) is 6.50. The highest BCUT2D eigenvalue weighted by Gasteiger charge is 2.29. The van der Waals surface area contributed by atoms with E-state index in [2.05, 4.69) is 4.74 Å². The minimum atomic E-state index is -2.39. The Morgan fingerprint density at radius 1 is 1.13 bits per heavy atom. The summed E-state index contributed by atoms with van der Waals surface area (Å²) in [4.78, 5) is 25.0. The molecule has 0 bridgehead atoms. The van der Waals surface area contributed by atoms with Crippen molar-refractivity contribution in [2.45, 2.75) is 33.2 Å². The minimum absolute atomic E-state index is 0.217. The van der Waals surface area contributed by atoms with Gasteiger partial charge in [0.05, 0.1) is 5.56 Å². The molecule has 1 atom stereocenters. The van der Waals surface area contributed by atoms with Crippen LogP contribution in [0.1, 0.15) is 47.8 Å². The molecule has 1 N–H and O–H groups in total. The van der Waals surface area contributed by atoms with Crippen LogP contribution in [0.3, 0.4) is 0 Å². The van der Waals surface area contributed by atoms with Crippen LogP contribution < -0.4 is 10.3 Å². The summed E-state index contributed by atoms with van der Waals surface area (Å²) in [6, 6.07) is 1.00. The third kappa shape index (κ3) is 3.60. The van der Waals surface area contributed by atoms with Crippen LogP contribution in [-0.4, -0.2) is 22.1 Å². The van der Waals surface area contributed by atoms with Gasteiger partial charge >= 0.3 is 0 Å². The number of carbonyl (C=O) groups excluding carboxylic acids is 1. The number of nitrogens with zero attached hydrogens (tertiary/aromatic N) is 2. The van der Waals surface area contributed by atoms with Crippen molar-refractivity contribution < 1.29 is 36.6 Å². The number of halogens is 5. The van der Waals surface area contributed by atoms with E-state index in [1.807, 2.05) is 0 Å². The Hall–Kier alpha value is -3.42. The molecule has 0 aliphatic rings. The van der Waals surface area contributed by atoms with Crippen LogP contribution >= 0.6 is 0 Å². The van der Waals surface area contributed by atoms with Crippen LogP contribution in [0.15, 0.2) is 4.79 Å². The standard InChI is InChI=1S/C19H15F5N2O4/c1-4-7(2)26-18(28)9(5-25)8(3)11(19(26)29)10(27)6-30-17-15(23)13(21)12(20)14(22)16(17)24/h7,29H,4,6H2,1-3H3. The van der Waals surface area contributed by atoms with E-state index in [1.165, 1.54) is 13.8 Å². The van der Waals surface area contributed by atoms with Gasteiger partial charge in [-0.3, -0.25) is 14.2 Å². The molecule has 6 nitrogen and oxygen atoms in total. The van der Waals surface area contributed by atoms with E-state index in [4.69, 9.17) is 0 Å². The molecule has 0 radical (unpaired) electrons. The first kappa shape index (κ1) is 22.9. The summed E-state index contributed by atoms with van der Waals surface area (Å²) in [6.07, 6.45) is 0.343. The first-order chi connectivity index (χ1) is 14.0. The Balaban J connectivity index is 2.54. The van der Waals surface area contributed by atoms with Crippen molar-refractivity contribution in [3.05, 3.63) is 56.1 Å². The van der Waals surface area contributed by atoms with Crippen molar-refractivity contribution in [3.63, 3.8) is 0 Å². The predicted octanol–water partition coefficient (Wildman–Crippen LogP) is 3.66. The first-order valence-electron chi connectivity index (χ1n) is 8.54. The molecule has 0 aliphatic carbocycles. The summed E-state index contributed by atoms with van der Waals surface area (Å²) in [5, 5.41) is 19.7. The van der Waals surface area contributed by atoms with Gasteiger partial charge in [-0.25, -0.2) is 13.2 Å². The molecule has 2 rings (SSSR count). The second kappa shape index (κ2) is 8.52. The molecule has 1 unspecified atom stereocenters. The average molecular weight is 430 g/mol. The molecule has 0 spiro atoms. The van der Waals surface area contributed by atoms with Crippen molar-refractivity contribution in [2.75, 3.05) is 6.61 Å². The molecule has 0 saturated carbocycles. The average Bonchev–Trinajstić information content (AvgIpc) is 2.70. The lowest BCUT2D eigenvalue weighted by Crippen LogP contribution is -2.29. The smallest absolute Gasteiger partial charge is 0.271 e. The molecule has 1 aromatic carbocycles. The van der Waals surface area contributed by atoms with Gasteiger partial charge in [-0.2, -0.15) is 14.0 Å². The molecular formula is C19H15F5N2O4. The number of hydrogen-bond acceptors (Lipinski definition) is 5. The van der Waals surface area contributed by atoms with Crippen LogP contribution in [0.4, 0.5) is 22.0 Å². The zero-order valence-electron chi connectivity index (χ0n) is 15.9. The SMILES string of the molecule is CCC(C)n1c(O)c(C(=O)COc2c(F)c(F)c(F)c(F)c2F)c(C)c(C#N)c1=O. The highest BCUT2D eigenvalue weighted by molar-refractivity contribution is 6.01. The number of nitriles is 1. The van der Waals surface area contributed by atoms with E-state index in [-0.39, 0.29) is 5.56 Å². The van der Waals surface area contributed by atoms with E-state index in [0.29, 0.717) is 6.42 Å². The molecule has 2 aromatic rings. The highest BCUT2D eigenvalue weighted by Crippen LogP contribution is 2.30. The number of hydrogen-bond donors (Lipinski definition) is 1. The summed E-state index contributed by atoms with van der Waals surface area (Å²) in [6.45, 7) is 3.16. The third-order valence-corrected chi connectivity index (χ3v) is 4.57. The molecule has 1 heterocycles. The maximum absolute atomic E-state index is 13.7. The van der Waals surface area contributed by atoms with Crippen molar-refractivity contribution >= 4 is 5.78 Å². The number of aromatic hydroxyl groups is 1. The molecule has 0 fully saturated rings. The van der Waals surface area contributed by atoms with Crippen molar-refractivity contribution in [3.8, 4) is 17.7 Å². The zero-order chi connectivity index (χ0) is 22.9. The summed E-state index contributed by atoms with van der Waals surface area (Å²) in [5.74, 6) is -15.1. The number of carbonyl (C=O) groups is 1. The molecule has 0 amide bonds. The topological polar surface area (TPSA) is 92.3 Å². The van der Waals surface area contributed by atoms with E-state index < -0.39 is 75.8 Å². The quantitative estimate of drug-likeness (QED) is 0.327. The number of aromatic nitrogens is 1. The van der Waals surface area contributed by atoms with Gasteiger partial charge in [-0.1, -0.05) is 6.92 Å². The van der Waals surface area contributed by atoms with Crippen LogP contribution in [0, 0.1) is 47.3 Å². The molecule has 0 saturated heterocycles. The normalized spacial score (nSPS) is 11.8. The predicted molar refractivity (Wildman–Crippen MR) is 92.9 cm³/mol. The maximum atomic E-state index is 13.7. The maximum Gasteiger partial charge on any atom is 0.271 e. The fraction of sp³-hybridized carbons (Fsp3) is 0.316. The van der Waals surface area contributed by atoms with Gasteiger partial charge in [-0.05, 0) is 25.8 Å².